The van der Waals surface area contributed by atoms with Crippen LogP contribution in [0.3, 0.4) is 0 Å². The van der Waals surface area contributed by atoms with E-state index in [1.807, 2.05) is 13.8 Å². The maximum absolute atomic E-state index is 11.4. The molecule has 0 aliphatic carbocycles. The van der Waals surface area contributed by atoms with E-state index in [9.17, 15) is 4.79 Å². The molecule has 0 fully saturated rings. The first-order chi connectivity index (χ1) is 7.67. The van der Waals surface area contributed by atoms with Crippen LogP contribution >= 0.6 is 11.8 Å². The monoisotopic (exact) mass is 238 g/mol. The highest BCUT2D eigenvalue weighted by molar-refractivity contribution is 7.99. The Labute approximate surface area is 101 Å². The molecular weight excluding hydrogens is 220 g/mol. The van der Waals surface area contributed by atoms with Crippen LogP contribution < -0.4 is 0 Å². The molecule has 0 bridgehead atoms. The van der Waals surface area contributed by atoms with Crippen molar-refractivity contribution >= 4 is 17.7 Å². The van der Waals surface area contributed by atoms with Crippen LogP contribution in [-0.4, -0.2) is 18.3 Å². The fourth-order valence-electron chi connectivity index (χ4n) is 1.51. The van der Waals surface area contributed by atoms with E-state index in [2.05, 4.69) is 25.1 Å². The molecule has 88 valence electrons. The minimum atomic E-state index is -0.147. The zero-order chi connectivity index (χ0) is 12.0. The van der Waals surface area contributed by atoms with E-state index in [-0.39, 0.29) is 5.97 Å². The molecule has 0 aliphatic heterocycles. The van der Waals surface area contributed by atoms with Gasteiger partial charge in [0.05, 0.1) is 13.0 Å². The van der Waals surface area contributed by atoms with Gasteiger partial charge in [-0.1, -0.05) is 24.6 Å². The summed E-state index contributed by atoms with van der Waals surface area (Å²) in [5, 5.41) is 0. The molecule has 0 saturated carbocycles. The van der Waals surface area contributed by atoms with E-state index in [1.54, 1.807) is 11.8 Å². The van der Waals surface area contributed by atoms with Crippen molar-refractivity contribution in [3.05, 3.63) is 29.3 Å². The third-order valence-electron chi connectivity index (χ3n) is 2.16. The van der Waals surface area contributed by atoms with Crippen LogP contribution in [0.25, 0.3) is 0 Å². The number of aryl methyl sites for hydroxylation is 1. The number of rotatable bonds is 5. The second kappa shape index (κ2) is 6.59. The molecule has 0 heterocycles. The zero-order valence-corrected chi connectivity index (χ0v) is 10.9. The van der Waals surface area contributed by atoms with Gasteiger partial charge in [-0.05, 0) is 31.2 Å². The maximum Gasteiger partial charge on any atom is 0.310 e. The van der Waals surface area contributed by atoms with Gasteiger partial charge in [0.1, 0.15) is 0 Å². The van der Waals surface area contributed by atoms with Crippen LogP contribution in [-0.2, 0) is 16.0 Å². The van der Waals surface area contributed by atoms with Crippen LogP contribution in [0.5, 0.6) is 0 Å². The van der Waals surface area contributed by atoms with Crippen LogP contribution in [0.4, 0.5) is 0 Å². The quantitative estimate of drug-likeness (QED) is 0.582. The maximum atomic E-state index is 11.4. The van der Waals surface area contributed by atoms with Gasteiger partial charge >= 0.3 is 5.97 Å². The molecular formula is C13H18O2S. The number of esters is 1. The Balaban J connectivity index is 2.82. The summed E-state index contributed by atoms with van der Waals surface area (Å²) in [6.45, 7) is 6.42. The molecule has 0 N–H and O–H groups in total. The first kappa shape index (κ1) is 13.1. The van der Waals surface area contributed by atoms with Crippen LogP contribution in [0.2, 0.25) is 0 Å². The molecule has 0 aliphatic rings. The predicted molar refractivity (Wildman–Crippen MR) is 67.9 cm³/mol. The van der Waals surface area contributed by atoms with Crippen molar-refractivity contribution in [3.63, 3.8) is 0 Å². The Morgan fingerprint density at radius 1 is 1.38 bits per heavy atom. The van der Waals surface area contributed by atoms with Crippen molar-refractivity contribution in [1.29, 1.82) is 0 Å². The fourth-order valence-corrected chi connectivity index (χ4v) is 2.30. The molecule has 0 spiro atoms. The summed E-state index contributed by atoms with van der Waals surface area (Å²) >= 11 is 1.76. The summed E-state index contributed by atoms with van der Waals surface area (Å²) in [7, 11) is 0. The van der Waals surface area contributed by atoms with Crippen molar-refractivity contribution in [2.75, 3.05) is 12.4 Å². The van der Waals surface area contributed by atoms with Gasteiger partial charge in [0, 0.05) is 4.90 Å². The first-order valence-corrected chi connectivity index (χ1v) is 6.53. The van der Waals surface area contributed by atoms with Gasteiger partial charge in [-0.3, -0.25) is 4.79 Å². The number of hydrogen-bond donors (Lipinski definition) is 0. The van der Waals surface area contributed by atoms with Crippen molar-refractivity contribution in [2.45, 2.75) is 32.1 Å². The van der Waals surface area contributed by atoms with Crippen LogP contribution in [0.1, 0.15) is 25.0 Å². The molecule has 16 heavy (non-hydrogen) atoms. The van der Waals surface area contributed by atoms with Gasteiger partial charge in [-0.25, -0.2) is 0 Å². The normalized spacial score (nSPS) is 10.2. The van der Waals surface area contributed by atoms with E-state index >= 15 is 0 Å². The number of hydrogen-bond acceptors (Lipinski definition) is 3. The van der Waals surface area contributed by atoms with E-state index < -0.39 is 0 Å². The van der Waals surface area contributed by atoms with Crippen molar-refractivity contribution in [3.8, 4) is 0 Å². The molecule has 1 aromatic rings. The van der Waals surface area contributed by atoms with Gasteiger partial charge < -0.3 is 4.74 Å². The minimum Gasteiger partial charge on any atom is -0.466 e. The van der Waals surface area contributed by atoms with Crippen LogP contribution in [0, 0.1) is 6.92 Å². The fraction of sp³-hybridized carbons (Fsp3) is 0.462. The number of carbonyl (C=O) groups excluding carboxylic acids is 1. The van der Waals surface area contributed by atoms with Crippen molar-refractivity contribution < 1.29 is 9.53 Å². The Bertz CT molecular complexity index is 361. The van der Waals surface area contributed by atoms with E-state index in [4.69, 9.17) is 4.74 Å². The van der Waals surface area contributed by atoms with Gasteiger partial charge in [0.15, 0.2) is 0 Å². The highest BCUT2D eigenvalue weighted by atomic mass is 32.2. The third-order valence-corrected chi connectivity index (χ3v) is 3.15. The molecule has 0 atom stereocenters. The lowest BCUT2D eigenvalue weighted by Gasteiger charge is -2.09. The number of ether oxygens (including phenoxy) is 1. The summed E-state index contributed by atoms with van der Waals surface area (Å²) in [4.78, 5) is 12.6. The predicted octanol–water partition coefficient (Wildman–Crippen LogP) is 3.21. The van der Waals surface area contributed by atoms with Crippen LogP contribution in [0.15, 0.2) is 23.1 Å². The first-order valence-electron chi connectivity index (χ1n) is 5.55. The standard InChI is InChI=1S/C13H18O2S/c1-4-15-13(14)9-11-8-10(3)6-7-12(11)16-5-2/h6-8H,4-5,9H2,1-3H3. The van der Waals surface area contributed by atoms with Crippen molar-refractivity contribution in [2.24, 2.45) is 0 Å². The highest BCUT2D eigenvalue weighted by Crippen LogP contribution is 2.24. The van der Waals surface area contributed by atoms with Gasteiger partial charge in [0.25, 0.3) is 0 Å². The van der Waals surface area contributed by atoms with Gasteiger partial charge in [-0.2, -0.15) is 0 Å². The van der Waals surface area contributed by atoms with E-state index in [0.29, 0.717) is 13.0 Å². The molecule has 1 rings (SSSR count). The molecule has 0 radical (unpaired) electrons. The number of benzene rings is 1. The SMILES string of the molecule is CCOC(=O)Cc1cc(C)ccc1SCC. The summed E-state index contributed by atoms with van der Waals surface area (Å²) < 4.78 is 4.97. The molecule has 0 unspecified atom stereocenters. The zero-order valence-electron chi connectivity index (χ0n) is 10.1. The Morgan fingerprint density at radius 2 is 2.12 bits per heavy atom. The molecule has 0 saturated heterocycles. The topological polar surface area (TPSA) is 26.3 Å². The average molecular weight is 238 g/mol. The Morgan fingerprint density at radius 3 is 2.75 bits per heavy atom. The molecule has 0 amide bonds. The Hall–Kier alpha value is -0.960. The lowest BCUT2D eigenvalue weighted by Crippen LogP contribution is -2.08. The summed E-state index contributed by atoms with van der Waals surface area (Å²) in [5.74, 6) is 0.866. The molecule has 1 aromatic carbocycles. The van der Waals surface area contributed by atoms with Gasteiger partial charge in [-0.15, -0.1) is 11.8 Å². The van der Waals surface area contributed by atoms with Crippen molar-refractivity contribution in [1.82, 2.24) is 0 Å². The number of carbonyl (C=O) groups is 1. The second-order valence-corrected chi connectivity index (χ2v) is 4.83. The Kier molecular flexibility index (Phi) is 5.39. The third kappa shape index (κ3) is 3.89. The lowest BCUT2D eigenvalue weighted by molar-refractivity contribution is -0.142. The highest BCUT2D eigenvalue weighted by Gasteiger charge is 2.09. The smallest absolute Gasteiger partial charge is 0.310 e. The lowest BCUT2D eigenvalue weighted by atomic mass is 10.1. The number of thioether (sulfide) groups is 1. The summed E-state index contributed by atoms with van der Waals surface area (Å²) in [6, 6.07) is 6.22. The average Bonchev–Trinajstić information content (AvgIpc) is 2.22. The molecule has 3 heteroatoms. The minimum absolute atomic E-state index is 0.147. The van der Waals surface area contributed by atoms with E-state index in [1.165, 1.54) is 10.5 Å². The van der Waals surface area contributed by atoms with E-state index in [0.717, 1.165) is 11.3 Å². The summed E-state index contributed by atoms with van der Waals surface area (Å²) in [5.41, 5.74) is 2.25. The largest absolute Gasteiger partial charge is 0.466 e. The van der Waals surface area contributed by atoms with Gasteiger partial charge in [0.2, 0.25) is 0 Å². The molecule has 2 nitrogen and oxygen atoms in total. The summed E-state index contributed by atoms with van der Waals surface area (Å²) in [6.07, 6.45) is 0.373. The molecule has 0 aromatic heterocycles. The second-order valence-electron chi connectivity index (χ2n) is 3.53.